The zero-order valence-electron chi connectivity index (χ0n) is 9.38. The van der Waals surface area contributed by atoms with Crippen molar-refractivity contribution in [2.45, 2.75) is 0 Å². The predicted octanol–water partition coefficient (Wildman–Crippen LogP) is 2.61. The first-order chi connectivity index (χ1) is 8.75. The monoisotopic (exact) mass is 303 g/mol. The number of benzene rings is 1. The molecule has 2 aromatic rings. The topological polar surface area (TPSA) is 54.4 Å². The molecule has 18 heavy (non-hydrogen) atoms. The summed E-state index contributed by atoms with van der Waals surface area (Å²) in [7, 11) is 0. The molecule has 2 rings (SSSR count). The number of carbonyl (C=O) groups is 1. The van der Waals surface area contributed by atoms with Gasteiger partial charge in [0.2, 0.25) is 0 Å². The molecule has 4 nitrogen and oxygen atoms in total. The van der Waals surface area contributed by atoms with Crippen LogP contribution in [0.2, 0.25) is 0 Å². The fourth-order valence-corrected chi connectivity index (χ4v) is 1.70. The molecule has 0 bridgehead atoms. The van der Waals surface area contributed by atoms with Gasteiger partial charge < -0.3 is 0 Å². The van der Waals surface area contributed by atoms with E-state index >= 15 is 0 Å². The highest BCUT2D eigenvalue weighted by molar-refractivity contribution is 9.10. The van der Waals surface area contributed by atoms with E-state index in [-0.39, 0.29) is 5.91 Å². The molecule has 1 aromatic heterocycles. The number of hydrogen-bond acceptors (Lipinski definition) is 3. The van der Waals surface area contributed by atoms with E-state index < -0.39 is 0 Å². The first-order valence-corrected chi connectivity index (χ1v) is 6.05. The summed E-state index contributed by atoms with van der Waals surface area (Å²) in [4.78, 5) is 15.8. The van der Waals surface area contributed by atoms with E-state index in [0.717, 1.165) is 4.47 Å². The third-order valence-electron chi connectivity index (χ3n) is 2.14. The molecule has 0 unspecified atom stereocenters. The van der Waals surface area contributed by atoms with E-state index in [0.29, 0.717) is 11.3 Å². The molecule has 0 aliphatic heterocycles. The molecule has 0 aliphatic rings. The normalized spacial score (nSPS) is 10.5. The van der Waals surface area contributed by atoms with Crippen molar-refractivity contribution in [3.63, 3.8) is 0 Å². The molecule has 0 saturated carbocycles. The summed E-state index contributed by atoms with van der Waals surface area (Å²) >= 11 is 3.31. The van der Waals surface area contributed by atoms with Gasteiger partial charge in [-0.25, -0.2) is 5.43 Å². The van der Waals surface area contributed by atoms with Gasteiger partial charge in [-0.3, -0.25) is 9.78 Å². The third kappa shape index (κ3) is 3.49. The lowest BCUT2D eigenvalue weighted by Crippen LogP contribution is -2.17. The predicted molar refractivity (Wildman–Crippen MR) is 73.4 cm³/mol. The number of carbonyl (C=O) groups excluding carboxylic acids is 1. The lowest BCUT2D eigenvalue weighted by atomic mass is 10.2. The van der Waals surface area contributed by atoms with Crippen LogP contribution in [-0.2, 0) is 0 Å². The van der Waals surface area contributed by atoms with Gasteiger partial charge in [0, 0.05) is 16.2 Å². The van der Waals surface area contributed by atoms with Crippen LogP contribution in [0.25, 0.3) is 0 Å². The van der Waals surface area contributed by atoms with Gasteiger partial charge in [0.1, 0.15) is 0 Å². The number of rotatable bonds is 3. The minimum atomic E-state index is -0.261. The largest absolute Gasteiger partial charge is 0.271 e. The third-order valence-corrected chi connectivity index (χ3v) is 2.63. The van der Waals surface area contributed by atoms with Gasteiger partial charge in [0.15, 0.2) is 0 Å². The zero-order chi connectivity index (χ0) is 12.8. The number of pyridine rings is 1. The van der Waals surface area contributed by atoms with Crippen molar-refractivity contribution >= 4 is 28.1 Å². The fourth-order valence-electron chi connectivity index (χ4n) is 1.30. The highest BCUT2D eigenvalue weighted by Gasteiger charge is 2.03. The quantitative estimate of drug-likeness (QED) is 0.700. The van der Waals surface area contributed by atoms with Gasteiger partial charge in [0.25, 0.3) is 5.91 Å². The summed E-state index contributed by atoms with van der Waals surface area (Å²) in [6.45, 7) is 0. The lowest BCUT2D eigenvalue weighted by molar-refractivity contribution is 0.0955. The minimum Gasteiger partial charge on any atom is -0.267 e. The molecule has 5 heteroatoms. The molecule has 0 aliphatic carbocycles. The number of nitrogens with zero attached hydrogens (tertiary/aromatic N) is 2. The zero-order valence-corrected chi connectivity index (χ0v) is 11.0. The van der Waals surface area contributed by atoms with Gasteiger partial charge in [-0.2, -0.15) is 5.10 Å². The lowest BCUT2D eigenvalue weighted by Gasteiger charge is -1.99. The van der Waals surface area contributed by atoms with Crippen LogP contribution in [0, 0.1) is 0 Å². The van der Waals surface area contributed by atoms with E-state index in [2.05, 4.69) is 31.4 Å². The molecule has 1 amide bonds. The van der Waals surface area contributed by atoms with Gasteiger partial charge in [-0.05, 0) is 30.3 Å². The molecule has 0 saturated heterocycles. The number of hydrazone groups is 1. The second kappa shape index (κ2) is 6.07. The molecule has 0 spiro atoms. The Balaban J connectivity index is 1.99. The summed E-state index contributed by atoms with van der Waals surface area (Å²) in [5.74, 6) is -0.261. The molecule has 1 aromatic carbocycles. The van der Waals surface area contributed by atoms with Gasteiger partial charge in [-0.1, -0.05) is 28.1 Å². The molecule has 1 heterocycles. The van der Waals surface area contributed by atoms with Crippen molar-refractivity contribution in [1.29, 1.82) is 0 Å². The van der Waals surface area contributed by atoms with E-state index in [1.165, 1.54) is 6.21 Å². The van der Waals surface area contributed by atoms with Crippen LogP contribution in [-0.4, -0.2) is 17.1 Å². The van der Waals surface area contributed by atoms with E-state index in [1.54, 1.807) is 30.5 Å². The smallest absolute Gasteiger partial charge is 0.267 e. The number of aromatic nitrogens is 1. The maximum Gasteiger partial charge on any atom is 0.271 e. The Bertz CT molecular complexity index is 569. The van der Waals surface area contributed by atoms with Crippen molar-refractivity contribution in [3.8, 4) is 0 Å². The number of halogens is 1. The van der Waals surface area contributed by atoms with E-state index in [4.69, 9.17) is 0 Å². The van der Waals surface area contributed by atoms with Crippen LogP contribution in [0.1, 0.15) is 16.1 Å². The highest BCUT2D eigenvalue weighted by Crippen LogP contribution is 2.11. The van der Waals surface area contributed by atoms with Crippen molar-refractivity contribution in [3.05, 3.63) is 64.4 Å². The molecule has 90 valence electrons. The van der Waals surface area contributed by atoms with Crippen LogP contribution in [0.15, 0.2) is 58.2 Å². The Morgan fingerprint density at radius 2 is 2.17 bits per heavy atom. The molecule has 1 N–H and O–H groups in total. The Kier molecular flexibility index (Phi) is 4.20. The van der Waals surface area contributed by atoms with Crippen LogP contribution in [0.4, 0.5) is 0 Å². The second-order valence-electron chi connectivity index (χ2n) is 3.46. The first-order valence-electron chi connectivity index (χ1n) is 5.26. The maximum atomic E-state index is 11.7. The van der Waals surface area contributed by atoms with Gasteiger partial charge in [0.05, 0.1) is 11.9 Å². The molecule has 0 fully saturated rings. The number of nitrogens with one attached hydrogen (secondary N) is 1. The summed E-state index contributed by atoms with van der Waals surface area (Å²) in [6, 6.07) is 12.6. The second-order valence-corrected chi connectivity index (χ2v) is 4.38. The van der Waals surface area contributed by atoms with Crippen molar-refractivity contribution in [2.24, 2.45) is 5.10 Å². The number of hydrogen-bond donors (Lipinski definition) is 1. The molecule has 0 atom stereocenters. The van der Waals surface area contributed by atoms with E-state index in [9.17, 15) is 4.79 Å². The summed E-state index contributed by atoms with van der Waals surface area (Å²) in [5, 5.41) is 3.85. The summed E-state index contributed by atoms with van der Waals surface area (Å²) in [5.41, 5.74) is 3.68. The fraction of sp³-hybridized carbons (Fsp3) is 0. The van der Waals surface area contributed by atoms with Crippen molar-refractivity contribution in [2.75, 3.05) is 0 Å². The minimum absolute atomic E-state index is 0.261. The summed E-state index contributed by atoms with van der Waals surface area (Å²) < 4.78 is 0.851. The van der Waals surface area contributed by atoms with Crippen LogP contribution < -0.4 is 5.43 Å². The molecule has 0 radical (unpaired) electrons. The first kappa shape index (κ1) is 12.4. The Morgan fingerprint density at radius 3 is 2.89 bits per heavy atom. The SMILES string of the molecule is O=C(N/N=C\c1ccccn1)c1cccc(Br)c1. The van der Waals surface area contributed by atoms with Crippen LogP contribution in [0.3, 0.4) is 0 Å². The highest BCUT2D eigenvalue weighted by atomic mass is 79.9. The molecular formula is C13H10BrN3O. The summed E-state index contributed by atoms with van der Waals surface area (Å²) in [6.07, 6.45) is 3.16. The average Bonchev–Trinajstić information content (AvgIpc) is 2.40. The Hall–Kier alpha value is -2.01. The van der Waals surface area contributed by atoms with Crippen LogP contribution >= 0.6 is 15.9 Å². The van der Waals surface area contributed by atoms with E-state index in [1.807, 2.05) is 18.2 Å². The van der Waals surface area contributed by atoms with Crippen molar-refractivity contribution in [1.82, 2.24) is 10.4 Å². The van der Waals surface area contributed by atoms with Crippen molar-refractivity contribution < 1.29 is 4.79 Å². The Labute approximate surface area is 113 Å². The average molecular weight is 304 g/mol. The van der Waals surface area contributed by atoms with Crippen LogP contribution in [0.5, 0.6) is 0 Å². The Morgan fingerprint density at radius 1 is 1.28 bits per heavy atom. The van der Waals surface area contributed by atoms with Gasteiger partial charge in [-0.15, -0.1) is 0 Å². The molecular weight excluding hydrogens is 294 g/mol. The maximum absolute atomic E-state index is 11.7. The number of amides is 1. The van der Waals surface area contributed by atoms with Gasteiger partial charge >= 0.3 is 0 Å². The standard InChI is InChI=1S/C13H10BrN3O/c14-11-5-3-4-10(8-11)13(18)17-16-9-12-6-1-2-7-15-12/h1-9H,(H,17,18)/b16-9-.